The molecular formula is C13H23NO3. The summed E-state index contributed by atoms with van der Waals surface area (Å²) in [7, 11) is 0. The van der Waals surface area contributed by atoms with Gasteiger partial charge in [0.25, 0.3) is 0 Å². The molecule has 0 saturated heterocycles. The second kappa shape index (κ2) is 7.30. The van der Waals surface area contributed by atoms with Crippen LogP contribution in [0.1, 0.15) is 46.0 Å². The van der Waals surface area contributed by atoms with Crippen molar-refractivity contribution in [3.8, 4) is 0 Å². The Kier molecular flexibility index (Phi) is 6.01. The van der Waals surface area contributed by atoms with Crippen LogP contribution in [0.25, 0.3) is 0 Å². The number of carbonyl (C=O) groups is 2. The minimum absolute atomic E-state index is 0.0439. The lowest BCUT2D eigenvalue weighted by Crippen LogP contribution is -2.28. The van der Waals surface area contributed by atoms with Crippen LogP contribution in [0.4, 0.5) is 0 Å². The van der Waals surface area contributed by atoms with Crippen molar-refractivity contribution < 1.29 is 14.3 Å². The van der Waals surface area contributed by atoms with E-state index in [9.17, 15) is 9.59 Å². The highest BCUT2D eigenvalue weighted by Crippen LogP contribution is 2.29. The summed E-state index contributed by atoms with van der Waals surface area (Å²) in [6.45, 7) is 5.15. The van der Waals surface area contributed by atoms with Crippen LogP contribution >= 0.6 is 0 Å². The van der Waals surface area contributed by atoms with Crippen LogP contribution < -0.4 is 5.32 Å². The first-order valence-electron chi connectivity index (χ1n) is 6.54. The van der Waals surface area contributed by atoms with Crippen molar-refractivity contribution in [3.63, 3.8) is 0 Å². The Bertz CT molecular complexity index is 265. The van der Waals surface area contributed by atoms with Crippen molar-refractivity contribution in [1.82, 2.24) is 5.32 Å². The Labute approximate surface area is 103 Å². The van der Waals surface area contributed by atoms with Crippen LogP contribution in [0.3, 0.4) is 0 Å². The third kappa shape index (κ3) is 5.71. The van der Waals surface area contributed by atoms with Gasteiger partial charge in [-0.3, -0.25) is 9.59 Å². The molecule has 0 heterocycles. The van der Waals surface area contributed by atoms with E-state index in [0.29, 0.717) is 12.5 Å². The lowest BCUT2D eigenvalue weighted by atomic mass is 10.1. The first kappa shape index (κ1) is 14.0. The molecule has 1 amide bonds. The Morgan fingerprint density at radius 2 is 2.06 bits per heavy atom. The minimum atomic E-state index is -0.294. The number of hydrogen-bond donors (Lipinski definition) is 1. The van der Waals surface area contributed by atoms with Gasteiger partial charge in [0.1, 0.15) is 0 Å². The molecule has 0 radical (unpaired) electrons. The fourth-order valence-electron chi connectivity index (χ4n) is 2.31. The van der Waals surface area contributed by atoms with Gasteiger partial charge in [-0.05, 0) is 31.6 Å². The van der Waals surface area contributed by atoms with Crippen molar-refractivity contribution in [2.45, 2.75) is 46.0 Å². The molecule has 0 spiro atoms. The predicted octanol–water partition coefficient (Wildman–Crippen LogP) is 1.88. The van der Waals surface area contributed by atoms with Crippen LogP contribution in [-0.2, 0) is 14.3 Å². The highest BCUT2D eigenvalue weighted by atomic mass is 16.5. The number of amides is 1. The van der Waals surface area contributed by atoms with Gasteiger partial charge in [-0.15, -0.1) is 0 Å². The average molecular weight is 241 g/mol. The van der Waals surface area contributed by atoms with E-state index in [1.54, 1.807) is 6.92 Å². The van der Waals surface area contributed by atoms with Crippen LogP contribution in [0.2, 0.25) is 0 Å². The molecule has 4 nitrogen and oxygen atoms in total. The topological polar surface area (TPSA) is 55.4 Å². The van der Waals surface area contributed by atoms with Crippen molar-refractivity contribution in [1.29, 1.82) is 0 Å². The second-order valence-electron chi connectivity index (χ2n) is 4.89. The monoisotopic (exact) mass is 241 g/mol. The molecule has 98 valence electrons. The summed E-state index contributed by atoms with van der Waals surface area (Å²) in [5.74, 6) is 1.07. The summed E-state index contributed by atoms with van der Waals surface area (Å²) in [6.07, 6.45) is 4.10. The molecule has 17 heavy (non-hydrogen) atoms. The number of carbonyl (C=O) groups excluding carboxylic acids is 2. The van der Waals surface area contributed by atoms with Gasteiger partial charge in [-0.2, -0.15) is 0 Å². The molecular weight excluding hydrogens is 218 g/mol. The zero-order valence-electron chi connectivity index (χ0n) is 10.8. The molecule has 1 rings (SSSR count). The molecule has 1 aliphatic carbocycles. The smallest absolute Gasteiger partial charge is 0.306 e. The number of hydrogen-bond acceptors (Lipinski definition) is 3. The van der Waals surface area contributed by atoms with E-state index in [1.807, 2.05) is 0 Å². The normalized spacial score (nSPS) is 23.4. The maximum atomic E-state index is 11.5. The SMILES string of the molecule is CCOC(=O)CCC(=O)NCC1CCC(C)C1. The minimum Gasteiger partial charge on any atom is -0.466 e. The molecule has 1 N–H and O–H groups in total. The Morgan fingerprint density at radius 3 is 2.65 bits per heavy atom. The van der Waals surface area contributed by atoms with Crippen LogP contribution in [-0.4, -0.2) is 25.0 Å². The molecule has 2 unspecified atom stereocenters. The maximum Gasteiger partial charge on any atom is 0.306 e. The zero-order chi connectivity index (χ0) is 12.7. The first-order chi connectivity index (χ1) is 8.11. The highest BCUT2D eigenvalue weighted by molar-refractivity contribution is 5.81. The van der Waals surface area contributed by atoms with E-state index in [2.05, 4.69) is 12.2 Å². The summed E-state index contributed by atoms with van der Waals surface area (Å²) in [5.41, 5.74) is 0. The summed E-state index contributed by atoms with van der Waals surface area (Å²) in [5, 5.41) is 2.90. The highest BCUT2D eigenvalue weighted by Gasteiger charge is 2.21. The fourth-order valence-corrected chi connectivity index (χ4v) is 2.31. The van der Waals surface area contributed by atoms with E-state index in [4.69, 9.17) is 4.74 Å². The van der Waals surface area contributed by atoms with Gasteiger partial charge in [-0.25, -0.2) is 0 Å². The number of esters is 1. The van der Waals surface area contributed by atoms with Gasteiger partial charge < -0.3 is 10.1 Å². The maximum absolute atomic E-state index is 11.5. The van der Waals surface area contributed by atoms with Crippen molar-refractivity contribution in [2.75, 3.05) is 13.2 Å². The van der Waals surface area contributed by atoms with E-state index in [1.165, 1.54) is 19.3 Å². The number of ether oxygens (including phenoxy) is 1. The van der Waals surface area contributed by atoms with Crippen molar-refractivity contribution >= 4 is 11.9 Å². The molecule has 0 aliphatic heterocycles. The molecule has 2 atom stereocenters. The predicted molar refractivity (Wildman–Crippen MR) is 65.4 cm³/mol. The number of nitrogens with one attached hydrogen (secondary N) is 1. The van der Waals surface area contributed by atoms with Gasteiger partial charge in [0.15, 0.2) is 0 Å². The molecule has 1 aliphatic rings. The van der Waals surface area contributed by atoms with E-state index in [-0.39, 0.29) is 24.7 Å². The van der Waals surface area contributed by atoms with Crippen molar-refractivity contribution in [2.24, 2.45) is 11.8 Å². The third-order valence-electron chi connectivity index (χ3n) is 3.25. The molecule has 0 aromatic carbocycles. The molecule has 0 aromatic heterocycles. The first-order valence-corrected chi connectivity index (χ1v) is 6.54. The van der Waals surface area contributed by atoms with Gasteiger partial charge >= 0.3 is 5.97 Å². The summed E-state index contributed by atoms with van der Waals surface area (Å²) in [4.78, 5) is 22.5. The Hall–Kier alpha value is -1.06. The largest absolute Gasteiger partial charge is 0.466 e. The molecule has 0 bridgehead atoms. The van der Waals surface area contributed by atoms with Crippen LogP contribution in [0, 0.1) is 11.8 Å². The quantitative estimate of drug-likeness (QED) is 0.722. The van der Waals surface area contributed by atoms with Gasteiger partial charge in [0.05, 0.1) is 13.0 Å². The average Bonchev–Trinajstić information content (AvgIpc) is 2.70. The van der Waals surface area contributed by atoms with Gasteiger partial charge in [0.2, 0.25) is 5.91 Å². The Balaban J connectivity index is 2.07. The molecule has 4 heteroatoms. The van der Waals surface area contributed by atoms with E-state index >= 15 is 0 Å². The van der Waals surface area contributed by atoms with Crippen LogP contribution in [0.15, 0.2) is 0 Å². The summed E-state index contributed by atoms with van der Waals surface area (Å²) < 4.78 is 4.77. The molecule has 1 fully saturated rings. The van der Waals surface area contributed by atoms with Gasteiger partial charge in [-0.1, -0.05) is 13.3 Å². The van der Waals surface area contributed by atoms with E-state index in [0.717, 1.165) is 12.5 Å². The Morgan fingerprint density at radius 1 is 1.29 bits per heavy atom. The van der Waals surface area contributed by atoms with Gasteiger partial charge in [0, 0.05) is 13.0 Å². The number of rotatable bonds is 6. The lowest BCUT2D eigenvalue weighted by Gasteiger charge is -2.10. The third-order valence-corrected chi connectivity index (χ3v) is 3.25. The fraction of sp³-hybridized carbons (Fsp3) is 0.846. The van der Waals surface area contributed by atoms with Crippen molar-refractivity contribution in [3.05, 3.63) is 0 Å². The summed E-state index contributed by atoms with van der Waals surface area (Å²) >= 11 is 0. The van der Waals surface area contributed by atoms with Crippen LogP contribution in [0.5, 0.6) is 0 Å². The zero-order valence-corrected chi connectivity index (χ0v) is 10.8. The lowest BCUT2D eigenvalue weighted by molar-refractivity contribution is -0.144. The molecule has 0 aromatic rings. The molecule has 1 saturated carbocycles. The second-order valence-corrected chi connectivity index (χ2v) is 4.89. The van der Waals surface area contributed by atoms with E-state index < -0.39 is 0 Å². The standard InChI is InChI=1S/C13H23NO3/c1-3-17-13(16)7-6-12(15)14-9-11-5-4-10(2)8-11/h10-11H,3-9H2,1-2H3,(H,14,15). The summed E-state index contributed by atoms with van der Waals surface area (Å²) in [6, 6.07) is 0.